The van der Waals surface area contributed by atoms with Crippen LogP contribution in [0.2, 0.25) is 0 Å². The summed E-state index contributed by atoms with van der Waals surface area (Å²) in [5, 5.41) is 11.5. The zero-order chi connectivity index (χ0) is 24.1. The fourth-order valence-electron chi connectivity index (χ4n) is 4.66. The fourth-order valence-corrected chi connectivity index (χ4v) is 4.66. The lowest BCUT2D eigenvalue weighted by molar-refractivity contribution is -0.154. The van der Waals surface area contributed by atoms with Crippen molar-refractivity contribution in [3.63, 3.8) is 0 Å². The van der Waals surface area contributed by atoms with Crippen molar-refractivity contribution < 1.29 is 29.0 Å². The summed E-state index contributed by atoms with van der Waals surface area (Å²) >= 11 is 0. The van der Waals surface area contributed by atoms with Gasteiger partial charge in [-0.1, -0.05) is 61.9 Å². The molecule has 2 aliphatic rings. The average Bonchev–Trinajstić information content (AvgIpc) is 3.10. The summed E-state index contributed by atoms with van der Waals surface area (Å²) in [7, 11) is 0. The van der Waals surface area contributed by atoms with Gasteiger partial charge in [0, 0.05) is 31.5 Å². The third-order valence-corrected chi connectivity index (χ3v) is 6.37. The van der Waals surface area contributed by atoms with E-state index in [1.165, 1.54) is 11.1 Å². The van der Waals surface area contributed by atoms with E-state index in [1.807, 2.05) is 31.2 Å². The van der Waals surface area contributed by atoms with Crippen molar-refractivity contribution in [2.45, 2.75) is 44.2 Å². The number of hydrogen-bond acceptors (Lipinski definition) is 5. The van der Waals surface area contributed by atoms with Gasteiger partial charge in [-0.25, -0.2) is 9.59 Å². The van der Waals surface area contributed by atoms with Crippen LogP contribution in [-0.2, 0) is 19.1 Å². The van der Waals surface area contributed by atoms with E-state index >= 15 is 0 Å². The molecule has 1 atom stereocenters. The maximum atomic E-state index is 12.6. The second-order valence-corrected chi connectivity index (χ2v) is 8.79. The molecule has 0 radical (unpaired) electrons. The van der Waals surface area contributed by atoms with Crippen LogP contribution in [0.4, 0.5) is 4.79 Å². The highest BCUT2D eigenvalue weighted by atomic mass is 16.5. The van der Waals surface area contributed by atoms with E-state index in [1.54, 1.807) is 4.90 Å². The summed E-state index contributed by atoms with van der Waals surface area (Å²) in [5.74, 6) is -1.14. The lowest BCUT2D eigenvalue weighted by Crippen LogP contribution is -2.56. The van der Waals surface area contributed by atoms with Gasteiger partial charge in [-0.05, 0) is 28.7 Å². The van der Waals surface area contributed by atoms with Crippen LogP contribution in [-0.4, -0.2) is 66.4 Å². The van der Waals surface area contributed by atoms with Gasteiger partial charge in [0.05, 0.1) is 6.10 Å². The molecule has 1 saturated heterocycles. The summed E-state index contributed by atoms with van der Waals surface area (Å²) in [4.78, 5) is 37.4. The highest BCUT2D eigenvalue weighted by Crippen LogP contribution is 2.44. The quantitative estimate of drug-likeness (QED) is 0.556. The van der Waals surface area contributed by atoms with Gasteiger partial charge in [0.25, 0.3) is 0 Å². The Morgan fingerprint density at radius 2 is 1.68 bits per heavy atom. The number of hydrogen-bond donors (Lipinski definition) is 2. The van der Waals surface area contributed by atoms with E-state index in [4.69, 9.17) is 14.6 Å². The molecule has 1 aliphatic carbocycles. The molecule has 1 fully saturated rings. The Bertz CT molecular complexity index is 1000. The fraction of sp³-hybridized carbons (Fsp3) is 0.423. The van der Waals surface area contributed by atoms with Crippen LogP contribution in [0.1, 0.15) is 43.2 Å². The standard InChI is InChI=1S/C26H30N2O6/c1-2-7-17(12-24(29)28-13-18(14-28)33-16-25(30)31)27-26(32)34-15-23-21-10-5-3-8-19(21)20-9-4-6-11-22(20)23/h3-6,8-11,17-18,23H,2,7,12-16H2,1H3,(H,27,32)(H,30,31). The summed E-state index contributed by atoms with van der Waals surface area (Å²) in [6.45, 7) is 2.60. The molecule has 0 bridgehead atoms. The van der Waals surface area contributed by atoms with Crippen LogP contribution in [0, 0.1) is 0 Å². The Morgan fingerprint density at radius 3 is 2.26 bits per heavy atom. The lowest BCUT2D eigenvalue weighted by atomic mass is 9.98. The Labute approximate surface area is 198 Å². The third-order valence-electron chi connectivity index (χ3n) is 6.37. The first-order valence-electron chi connectivity index (χ1n) is 11.7. The van der Waals surface area contributed by atoms with Crippen LogP contribution in [0.15, 0.2) is 48.5 Å². The zero-order valence-electron chi connectivity index (χ0n) is 19.2. The molecule has 2 amide bonds. The molecule has 8 nitrogen and oxygen atoms in total. The molecule has 2 aromatic carbocycles. The van der Waals surface area contributed by atoms with E-state index in [0.717, 1.165) is 17.5 Å². The number of ether oxygens (including phenoxy) is 2. The van der Waals surface area contributed by atoms with Gasteiger partial charge < -0.3 is 24.8 Å². The minimum Gasteiger partial charge on any atom is -0.480 e. The minimum atomic E-state index is -1.03. The van der Waals surface area contributed by atoms with Gasteiger partial charge in [0.1, 0.15) is 13.2 Å². The first-order chi connectivity index (χ1) is 16.5. The topological polar surface area (TPSA) is 105 Å². The van der Waals surface area contributed by atoms with Crippen molar-refractivity contribution in [1.29, 1.82) is 0 Å². The summed E-state index contributed by atoms with van der Waals surface area (Å²) in [6.07, 6.45) is 0.859. The SMILES string of the molecule is CCCC(CC(=O)N1CC(OCC(=O)O)C1)NC(=O)OCC1c2ccccc2-c2ccccc21. The number of fused-ring (bicyclic) bond motifs is 3. The molecule has 1 unspecified atom stereocenters. The Morgan fingerprint density at radius 1 is 1.06 bits per heavy atom. The number of amides is 2. The van der Waals surface area contributed by atoms with E-state index in [9.17, 15) is 14.4 Å². The molecule has 0 saturated carbocycles. The Balaban J connectivity index is 1.28. The van der Waals surface area contributed by atoms with Crippen molar-refractivity contribution in [2.75, 3.05) is 26.3 Å². The normalized spacial score (nSPS) is 15.7. The second kappa shape index (κ2) is 10.7. The zero-order valence-corrected chi connectivity index (χ0v) is 19.2. The number of alkyl carbamates (subject to hydrolysis) is 1. The largest absolute Gasteiger partial charge is 0.480 e. The Hall–Kier alpha value is -3.39. The van der Waals surface area contributed by atoms with Gasteiger partial charge in [0.2, 0.25) is 5.91 Å². The van der Waals surface area contributed by atoms with Crippen molar-refractivity contribution >= 4 is 18.0 Å². The van der Waals surface area contributed by atoms with Gasteiger partial charge in [-0.2, -0.15) is 0 Å². The maximum Gasteiger partial charge on any atom is 0.407 e. The monoisotopic (exact) mass is 466 g/mol. The van der Waals surface area contributed by atoms with Crippen molar-refractivity contribution in [3.05, 3.63) is 59.7 Å². The number of nitrogens with one attached hydrogen (secondary N) is 1. The maximum absolute atomic E-state index is 12.6. The molecule has 34 heavy (non-hydrogen) atoms. The minimum absolute atomic E-state index is 0.0202. The van der Waals surface area contributed by atoms with Crippen LogP contribution in [0.5, 0.6) is 0 Å². The van der Waals surface area contributed by atoms with Crippen molar-refractivity contribution in [2.24, 2.45) is 0 Å². The molecule has 8 heteroatoms. The number of rotatable bonds is 10. The van der Waals surface area contributed by atoms with E-state index in [-0.39, 0.29) is 43.6 Å². The number of carbonyl (C=O) groups is 3. The molecule has 4 rings (SSSR count). The van der Waals surface area contributed by atoms with Gasteiger partial charge in [0.15, 0.2) is 0 Å². The van der Waals surface area contributed by atoms with Crippen LogP contribution in [0.3, 0.4) is 0 Å². The first kappa shape index (κ1) is 23.8. The predicted octanol–water partition coefficient (Wildman–Crippen LogP) is 3.40. The Kier molecular flexibility index (Phi) is 7.47. The number of carbonyl (C=O) groups excluding carboxylic acids is 2. The van der Waals surface area contributed by atoms with Crippen molar-refractivity contribution in [1.82, 2.24) is 10.2 Å². The van der Waals surface area contributed by atoms with E-state index in [0.29, 0.717) is 19.5 Å². The molecule has 0 spiro atoms. The highest BCUT2D eigenvalue weighted by molar-refractivity contribution is 5.80. The van der Waals surface area contributed by atoms with Gasteiger partial charge in [-0.3, -0.25) is 4.79 Å². The number of nitrogens with zero attached hydrogens (tertiary/aromatic N) is 1. The number of carboxylic acid groups (broad SMARTS) is 1. The summed E-state index contributed by atoms with van der Waals surface area (Å²) < 4.78 is 10.8. The molecule has 1 heterocycles. The molecule has 2 aromatic rings. The number of likely N-dealkylation sites (tertiary alicyclic amines) is 1. The van der Waals surface area contributed by atoms with Crippen LogP contribution >= 0.6 is 0 Å². The molecular weight excluding hydrogens is 436 g/mol. The highest BCUT2D eigenvalue weighted by Gasteiger charge is 2.33. The predicted molar refractivity (Wildman–Crippen MR) is 125 cm³/mol. The van der Waals surface area contributed by atoms with Crippen LogP contribution < -0.4 is 5.32 Å². The lowest BCUT2D eigenvalue weighted by Gasteiger charge is -2.39. The van der Waals surface area contributed by atoms with Gasteiger partial charge >= 0.3 is 12.1 Å². The van der Waals surface area contributed by atoms with Gasteiger partial charge in [-0.15, -0.1) is 0 Å². The molecule has 0 aromatic heterocycles. The van der Waals surface area contributed by atoms with Crippen LogP contribution in [0.25, 0.3) is 11.1 Å². The summed E-state index contributed by atoms with van der Waals surface area (Å²) in [6, 6.07) is 16.0. The molecule has 180 valence electrons. The number of benzene rings is 2. The molecule has 1 aliphatic heterocycles. The smallest absolute Gasteiger partial charge is 0.407 e. The second-order valence-electron chi connectivity index (χ2n) is 8.79. The third kappa shape index (κ3) is 5.39. The molecule has 2 N–H and O–H groups in total. The number of aliphatic carboxylic acids is 1. The van der Waals surface area contributed by atoms with E-state index in [2.05, 4.69) is 29.6 Å². The number of carboxylic acids is 1. The first-order valence-corrected chi connectivity index (χ1v) is 11.7. The van der Waals surface area contributed by atoms with E-state index < -0.39 is 12.1 Å². The van der Waals surface area contributed by atoms with Crippen molar-refractivity contribution in [3.8, 4) is 11.1 Å². The molecular formula is C26H30N2O6. The summed E-state index contributed by atoms with van der Waals surface area (Å²) in [5.41, 5.74) is 4.63. The average molecular weight is 467 g/mol.